The van der Waals surface area contributed by atoms with Gasteiger partial charge in [0.05, 0.1) is 5.69 Å². The van der Waals surface area contributed by atoms with Crippen molar-refractivity contribution in [1.82, 2.24) is 15.0 Å². The first-order valence-electron chi connectivity index (χ1n) is 8.41. The summed E-state index contributed by atoms with van der Waals surface area (Å²) in [5, 5.41) is 4.45. The summed E-state index contributed by atoms with van der Waals surface area (Å²) >= 11 is 7.50. The molecule has 3 rings (SSSR count). The topological polar surface area (TPSA) is 66.7 Å². The van der Waals surface area contributed by atoms with Gasteiger partial charge in [-0.25, -0.2) is 0 Å². The van der Waals surface area contributed by atoms with Gasteiger partial charge in [0.1, 0.15) is 0 Å². The molecule has 2 heterocycles. The predicted molar refractivity (Wildman–Crippen MR) is 101 cm³/mol. The number of thioether (sulfide) groups is 1. The van der Waals surface area contributed by atoms with E-state index in [1.165, 1.54) is 0 Å². The van der Waals surface area contributed by atoms with Crippen LogP contribution in [0.4, 0.5) is 0 Å². The number of hydrogen-bond donors (Lipinski definition) is 0. The van der Waals surface area contributed by atoms with Crippen LogP contribution in [0.2, 0.25) is 5.02 Å². The fourth-order valence-electron chi connectivity index (χ4n) is 2.72. The molecule has 2 aromatic rings. The van der Waals surface area contributed by atoms with Crippen LogP contribution in [-0.2, 0) is 4.79 Å². The third-order valence-corrected chi connectivity index (χ3v) is 5.42. The maximum Gasteiger partial charge on any atom is 0.292 e. The minimum Gasteiger partial charge on any atom is -0.351 e. The van der Waals surface area contributed by atoms with Crippen LogP contribution in [0.15, 0.2) is 39.8 Å². The number of aromatic nitrogens is 1. The molecule has 0 N–H and O–H groups in total. The number of piperazine rings is 1. The molecule has 1 aromatic carbocycles. The molecule has 0 aliphatic carbocycles. The Hall–Kier alpha value is -1.99. The zero-order valence-electron chi connectivity index (χ0n) is 14.5. The molecule has 8 heteroatoms. The molecule has 0 atom stereocenters. The monoisotopic (exact) mass is 393 g/mol. The van der Waals surface area contributed by atoms with Crippen LogP contribution in [0.3, 0.4) is 0 Å². The van der Waals surface area contributed by atoms with E-state index in [0.717, 1.165) is 10.6 Å². The number of halogens is 1. The lowest BCUT2D eigenvalue weighted by molar-refractivity contribution is -0.132. The van der Waals surface area contributed by atoms with Crippen LogP contribution in [0.25, 0.3) is 0 Å². The van der Waals surface area contributed by atoms with Crippen LogP contribution in [-0.4, -0.2) is 58.7 Å². The Morgan fingerprint density at radius 2 is 1.81 bits per heavy atom. The fraction of sp³-hybridized carbons (Fsp3) is 0.389. The van der Waals surface area contributed by atoms with Crippen molar-refractivity contribution in [3.05, 3.63) is 46.8 Å². The zero-order chi connectivity index (χ0) is 18.5. The smallest absolute Gasteiger partial charge is 0.292 e. The molecule has 138 valence electrons. The van der Waals surface area contributed by atoms with Crippen LogP contribution in [0.1, 0.15) is 22.7 Å². The molecular weight excluding hydrogens is 374 g/mol. The van der Waals surface area contributed by atoms with Crippen LogP contribution >= 0.6 is 23.4 Å². The Morgan fingerprint density at radius 1 is 1.15 bits per heavy atom. The minimum absolute atomic E-state index is 0.120. The highest BCUT2D eigenvalue weighted by molar-refractivity contribution is 7.99. The average Bonchev–Trinajstić information content (AvgIpc) is 3.09. The maximum atomic E-state index is 12.4. The number of rotatable bonds is 5. The zero-order valence-corrected chi connectivity index (χ0v) is 16.1. The highest BCUT2D eigenvalue weighted by Crippen LogP contribution is 2.21. The van der Waals surface area contributed by atoms with Crippen molar-refractivity contribution in [2.24, 2.45) is 0 Å². The summed E-state index contributed by atoms with van der Waals surface area (Å²) < 4.78 is 5.02. The van der Waals surface area contributed by atoms with Crippen molar-refractivity contribution in [1.29, 1.82) is 0 Å². The number of amides is 2. The summed E-state index contributed by atoms with van der Waals surface area (Å²) in [7, 11) is 0. The Labute approximate surface area is 161 Å². The molecule has 1 fully saturated rings. The maximum absolute atomic E-state index is 12.4. The van der Waals surface area contributed by atoms with Crippen molar-refractivity contribution in [2.45, 2.75) is 18.2 Å². The molecule has 1 aliphatic heterocycles. The van der Waals surface area contributed by atoms with Gasteiger partial charge in [0, 0.05) is 54.3 Å². The second-order valence-electron chi connectivity index (χ2n) is 6.06. The molecule has 0 saturated carbocycles. The average molecular weight is 394 g/mol. The van der Waals surface area contributed by atoms with Crippen molar-refractivity contribution < 1.29 is 14.1 Å². The summed E-state index contributed by atoms with van der Waals surface area (Å²) in [4.78, 5) is 29.3. The van der Waals surface area contributed by atoms with Gasteiger partial charge in [-0.05, 0) is 31.2 Å². The number of hydrogen-bond acceptors (Lipinski definition) is 5. The number of carbonyl (C=O) groups is 2. The summed E-state index contributed by atoms with van der Waals surface area (Å²) in [6.45, 7) is 3.88. The van der Waals surface area contributed by atoms with E-state index in [1.54, 1.807) is 29.7 Å². The first kappa shape index (κ1) is 18.8. The van der Waals surface area contributed by atoms with Crippen LogP contribution in [0, 0.1) is 6.92 Å². The van der Waals surface area contributed by atoms with Gasteiger partial charge < -0.3 is 14.3 Å². The largest absolute Gasteiger partial charge is 0.351 e. The van der Waals surface area contributed by atoms with Crippen LogP contribution < -0.4 is 0 Å². The van der Waals surface area contributed by atoms with E-state index in [2.05, 4.69) is 5.16 Å². The Morgan fingerprint density at radius 3 is 2.42 bits per heavy atom. The Balaban J connectivity index is 1.41. The van der Waals surface area contributed by atoms with E-state index in [4.69, 9.17) is 16.1 Å². The predicted octanol–water partition coefficient (Wildman–Crippen LogP) is 3.10. The van der Waals surface area contributed by atoms with Gasteiger partial charge in [-0.2, -0.15) is 0 Å². The van der Waals surface area contributed by atoms with Gasteiger partial charge in [-0.1, -0.05) is 16.8 Å². The van der Waals surface area contributed by atoms with Gasteiger partial charge >= 0.3 is 0 Å². The van der Waals surface area contributed by atoms with Gasteiger partial charge in [0.25, 0.3) is 5.91 Å². The van der Waals surface area contributed by atoms with Gasteiger partial charge in [-0.3, -0.25) is 9.59 Å². The van der Waals surface area contributed by atoms with E-state index in [-0.39, 0.29) is 17.6 Å². The lowest BCUT2D eigenvalue weighted by Crippen LogP contribution is -2.50. The van der Waals surface area contributed by atoms with Gasteiger partial charge in [0.2, 0.25) is 11.7 Å². The van der Waals surface area contributed by atoms with E-state index >= 15 is 0 Å². The van der Waals surface area contributed by atoms with E-state index < -0.39 is 0 Å². The lowest BCUT2D eigenvalue weighted by Gasteiger charge is -2.34. The van der Waals surface area contributed by atoms with Crippen molar-refractivity contribution in [2.75, 3.05) is 31.9 Å². The van der Waals surface area contributed by atoms with Gasteiger partial charge in [0.15, 0.2) is 0 Å². The summed E-state index contributed by atoms with van der Waals surface area (Å²) in [5.41, 5.74) is 0.681. The fourth-order valence-corrected chi connectivity index (χ4v) is 3.69. The molecule has 0 radical (unpaired) electrons. The molecule has 26 heavy (non-hydrogen) atoms. The number of aryl methyl sites for hydroxylation is 1. The van der Waals surface area contributed by atoms with Crippen molar-refractivity contribution in [3.63, 3.8) is 0 Å². The first-order valence-corrected chi connectivity index (χ1v) is 9.78. The standard InChI is InChI=1S/C18H20ClN3O3S/c1-13-12-16(25-20-13)18(24)22-9-7-21(8-10-22)17(23)6-11-26-15-4-2-14(19)3-5-15/h2-5,12H,6-11H2,1H3. The minimum atomic E-state index is -0.170. The molecule has 2 amide bonds. The molecule has 0 bridgehead atoms. The van der Waals surface area contributed by atoms with E-state index in [0.29, 0.717) is 43.3 Å². The van der Waals surface area contributed by atoms with E-state index in [9.17, 15) is 9.59 Å². The molecule has 1 aromatic heterocycles. The lowest BCUT2D eigenvalue weighted by atomic mass is 10.2. The summed E-state index contributed by atoms with van der Waals surface area (Å²) in [5.74, 6) is 0.920. The SMILES string of the molecule is Cc1cc(C(=O)N2CCN(C(=O)CCSc3ccc(Cl)cc3)CC2)on1. The summed E-state index contributed by atoms with van der Waals surface area (Å²) in [6.07, 6.45) is 0.475. The Bertz CT molecular complexity index is 770. The van der Waals surface area contributed by atoms with Crippen molar-refractivity contribution in [3.8, 4) is 0 Å². The molecular formula is C18H20ClN3O3S. The summed E-state index contributed by atoms with van der Waals surface area (Å²) in [6, 6.07) is 9.23. The molecule has 6 nitrogen and oxygen atoms in total. The van der Waals surface area contributed by atoms with E-state index in [1.807, 2.05) is 29.2 Å². The molecule has 0 unspecified atom stereocenters. The second-order valence-corrected chi connectivity index (χ2v) is 7.66. The highest BCUT2D eigenvalue weighted by Gasteiger charge is 2.26. The molecule has 1 saturated heterocycles. The number of benzene rings is 1. The second kappa shape index (κ2) is 8.60. The third kappa shape index (κ3) is 4.80. The van der Waals surface area contributed by atoms with Crippen molar-refractivity contribution >= 4 is 35.2 Å². The molecule has 1 aliphatic rings. The molecule has 0 spiro atoms. The number of nitrogens with zero attached hydrogens (tertiary/aromatic N) is 3. The number of carbonyl (C=O) groups excluding carboxylic acids is 2. The first-order chi connectivity index (χ1) is 12.5. The highest BCUT2D eigenvalue weighted by atomic mass is 35.5. The third-order valence-electron chi connectivity index (χ3n) is 4.16. The Kier molecular flexibility index (Phi) is 6.21. The van der Waals surface area contributed by atoms with Crippen LogP contribution in [0.5, 0.6) is 0 Å². The van der Waals surface area contributed by atoms with Gasteiger partial charge in [-0.15, -0.1) is 11.8 Å². The quantitative estimate of drug-likeness (QED) is 0.730. The normalized spacial score (nSPS) is 14.5.